The van der Waals surface area contributed by atoms with E-state index in [-0.39, 0.29) is 0 Å². The molecule has 1 aliphatic heterocycles. The number of pyridine rings is 1. The molecule has 100 valence electrons. The van der Waals surface area contributed by atoms with Gasteiger partial charge < -0.3 is 9.64 Å². The molecule has 18 heavy (non-hydrogen) atoms. The summed E-state index contributed by atoms with van der Waals surface area (Å²) in [7, 11) is 0. The lowest BCUT2D eigenvalue weighted by Gasteiger charge is -2.34. The van der Waals surface area contributed by atoms with Crippen LogP contribution in [0, 0.1) is 0 Å². The number of alkyl halides is 1. The fraction of sp³-hybridized carbons (Fsp3) is 0.643. The van der Waals surface area contributed by atoms with Crippen molar-refractivity contribution in [2.75, 3.05) is 24.6 Å². The molecule has 2 rings (SSSR count). The molecular formula is C14H21ClN2O. The molecule has 2 heterocycles. The van der Waals surface area contributed by atoms with Crippen molar-refractivity contribution in [1.82, 2.24) is 4.98 Å². The summed E-state index contributed by atoms with van der Waals surface area (Å²) >= 11 is 5.83. The molecule has 0 N–H and O–H groups in total. The second-order valence-electron chi connectivity index (χ2n) is 4.72. The number of rotatable bonds is 5. The van der Waals surface area contributed by atoms with Crippen molar-refractivity contribution in [3.05, 3.63) is 24.0 Å². The van der Waals surface area contributed by atoms with Gasteiger partial charge in [0.05, 0.1) is 17.7 Å². The van der Waals surface area contributed by atoms with Gasteiger partial charge in [0.25, 0.3) is 0 Å². The Morgan fingerprint density at radius 2 is 2.44 bits per heavy atom. The fourth-order valence-corrected chi connectivity index (χ4v) is 2.47. The minimum atomic E-state index is 0.367. The summed E-state index contributed by atoms with van der Waals surface area (Å²) in [6.45, 7) is 5.08. The average molecular weight is 269 g/mol. The Labute approximate surface area is 114 Å². The summed E-state index contributed by atoms with van der Waals surface area (Å²) in [4.78, 5) is 6.61. The molecule has 1 aromatic rings. The lowest BCUT2D eigenvalue weighted by atomic mass is 10.1. The molecule has 0 saturated carbocycles. The maximum absolute atomic E-state index is 5.86. The predicted molar refractivity (Wildman–Crippen MR) is 75.3 cm³/mol. The first-order valence-corrected chi connectivity index (χ1v) is 7.24. The summed E-state index contributed by atoms with van der Waals surface area (Å²) in [5.74, 6) is 0.470. The second kappa shape index (κ2) is 6.95. The number of anilines is 1. The molecule has 0 radical (unpaired) electrons. The number of hydrogen-bond donors (Lipinski definition) is 0. The fourth-order valence-electron chi connectivity index (χ4n) is 2.33. The van der Waals surface area contributed by atoms with E-state index in [0.29, 0.717) is 12.0 Å². The van der Waals surface area contributed by atoms with Crippen LogP contribution in [0.25, 0.3) is 0 Å². The van der Waals surface area contributed by atoms with E-state index in [4.69, 9.17) is 16.3 Å². The largest absolute Gasteiger partial charge is 0.376 e. The summed E-state index contributed by atoms with van der Waals surface area (Å²) < 4.78 is 5.86. The third-order valence-corrected chi connectivity index (χ3v) is 3.51. The highest BCUT2D eigenvalue weighted by molar-refractivity contribution is 6.16. The predicted octanol–water partition coefficient (Wildman–Crippen LogP) is 3.22. The Balaban J connectivity index is 1.98. The first-order chi connectivity index (χ1) is 8.83. The van der Waals surface area contributed by atoms with E-state index in [1.54, 1.807) is 0 Å². The first kappa shape index (κ1) is 13.6. The topological polar surface area (TPSA) is 25.4 Å². The van der Waals surface area contributed by atoms with Crippen LogP contribution in [0.4, 0.5) is 5.69 Å². The zero-order chi connectivity index (χ0) is 12.8. The zero-order valence-corrected chi connectivity index (χ0v) is 11.7. The number of nitrogens with zero attached hydrogens (tertiary/aromatic N) is 2. The molecule has 0 amide bonds. The molecule has 1 saturated heterocycles. The number of hydrogen-bond acceptors (Lipinski definition) is 3. The molecule has 0 aliphatic carbocycles. The van der Waals surface area contributed by atoms with Crippen molar-refractivity contribution in [3.8, 4) is 0 Å². The number of halogens is 1. The first-order valence-electron chi connectivity index (χ1n) is 6.71. The van der Waals surface area contributed by atoms with Crippen molar-refractivity contribution in [2.24, 2.45) is 0 Å². The van der Waals surface area contributed by atoms with E-state index in [1.807, 2.05) is 6.20 Å². The van der Waals surface area contributed by atoms with Gasteiger partial charge in [0.1, 0.15) is 0 Å². The minimum absolute atomic E-state index is 0.367. The molecular weight excluding hydrogens is 248 g/mol. The van der Waals surface area contributed by atoms with Gasteiger partial charge in [-0.25, -0.2) is 0 Å². The van der Waals surface area contributed by atoms with Crippen LogP contribution in [-0.4, -0.2) is 30.8 Å². The van der Waals surface area contributed by atoms with Gasteiger partial charge in [-0.1, -0.05) is 6.92 Å². The van der Waals surface area contributed by atoms with E-state index in [0.717, 1.165) is 31.8 Å². The van der Waals surface area contributed by atoms with E-state index in [2.05, 4.69) is 28.9 Å². The molecule has 0 aromatic carbocycles. The summed E-state index contributed by atoms with van der Waals surface area (Å²) in [6.07, 6.45) is 5.65. The van der Waals surface area contributed by atoms with Crippen LogP contribution in [0.1, 0.15) is 31.9 Å². The molecule has 0 bridgehead atoms. The average Bonchev–Trinajstić information content (AvgIpc) is 2.45. The van der Waals surface area contributed by atoms with E-state index in [9.17, 15) is 0 Å². The van der Waals surface area contributed by atoms with Gasteiger partial charge in [-0.15, -0.1) is 11.6 Å². The van der Waals surface area contributed by atoms with Gasteiger partial charge in [0, 0.05) is 31.6 Å². The summed E-state index contributed by atoms with van der Waals surface area (Å²) in [5, 5.41) is 0. The smallest absolute Gasteiger partial charge is 0.0750 e. The monoisotopic (exact) mass is 268 g/mol. The zero-order valence-electron chi connectivity index (χ0n) is 10.9. The summed E-state index contributed by atoms with van der Waals surface area (Å²) in [6, 6.07) is 4.13. The van der Waals surface area contributed by atoms with Gasteiger partial charge in [0.2, 0.25) is 0 Å². The van der Waals surface area contributed by atoms with Crippen LogP contribution in [-0.2, 0) is 10.6 Å². The Bertz CT molecular complexity index is 373. The quantitative estimate of drug-likeness (QED) is 0.767. The van der Waals surface area contributed by atoms with Crippen LogP contribution in [0.3, 0.4) is 0 Å². The van der Waals surface area contributed by atoms with Gasteiger partial charge in [-0.3, -0.25) is 4.98 Å². The third kappa shape index (κ3) is 3.59. The second-order valence-corrected chi connectivity index (χ2v) is 4.99. The van der Waals surface area contributed by atoms with Crippen LogP contribution >= 0.6 is 11.6 Å². The van der Waals surface area contributed by atoms with Crippen LogP contribution in [0.2, 0.25) is 0 Å². The maximum atomic E-state index is 5.86. The molecule has 3 nitrogen and oxygen atoms in total. The van der Waals surface area contributed by atoms with Crippen molar-refractivity contribution in [2.45, 2.75) is 38.2 Å². The highest BCUT2D eigenvalue weighted by Gasteiger charge is 2.20. The molecule has 1 aromatic heterocycles. The minimum Gasteiger partial charge on any atom is -0.376 e. The van der Waals surface area contributed by atoms with E-state index in [1.165, 1.54) is 18.5 Å². The standard InChI is InChI=1S/C14H21ClN2O/c1-2-8-18-14-4-3-7-17(11-14)13-5-6-16-12(9-13)10-15/h5-6,9,14H,2-4,7-8,10-11H2,1H3. The molecule has 1 unspecified atom stereocenters. The van der Waals surface area contributed by atoms with Crippen molar-refractivity contribution < 1.29 is 4.74 Å². The van der Waals surface area contributed by atoms with Crippen molar-refractivity contribution in [1.29, 1.82) is 0 Å². The normalized spacial score (nSPS) is 20.1. The highest BCUT2D eigenvalue weighted by atomic mass is 35.5. The van der Waals surface area contributed by atoms with E-state index >= 15 is 0 Å². The summed E-state index contributed by atoms with van der Waals surface area (Å²) in [5.41, 5.74) is 2.15. The molecule has 4 heteroatoms. The third-order valence-electron chi connectivity index (χ3n) is 3.24. The van der Waals surface area contributed by atoms with Crippen LogP contribution in [0.5, 0.6) is 0 Å². The Hall–Kier alpha value is -0.800. The van der Waals surface area contributed by atoms with Gasteiger partial charge in [-0.2, -0.15) is 0 Å². The SMILES string of the molecule is CCCOC1CCCN(c2ccnc(CCl)c2)C1. The molecule has 1 fully saturated rings. The number of ether oxygens (including phenoxy) is 1. The lowest BCUT2D eigenvalue weighted by molar-refractivity contribution is 0.0440. The maximum Gasteiger partial charge on any atom is 0.0750 e. The van der Waals surface area contributed by atoms with Crippen LogP contribution < -0.4 is 4.90 Å². The molecule has 0 spiro atoms. The Kier molecular flexibility index (Phi) is 5.26. The van der Waals surface area contributed by atoms with Crippen molar-refractivity contribution in [3.63, 3.8) is 0 Å². The molecule has 1 atom stereocenters. The van der Waals surface area contributed by atoms with Crippen molar-refractivity contribution >= 4 is 17.3 Å². The Morgan fingerprint density at radius 1 is 1.56 bits per heavy atom. The molecule has 1 aliphatic rings. The Morgan fingerprint density at radius 3 is 3.22 bits per heavy atom. The van der Waals surface area contributed by atoms with Gasteiger partial charge in [0.15, 0.2) is 0 Å². The van der Waals surface area contributed by atoms with E-state index < -0.39 is 0 Å². The number of piperidine rings is 1. The number of aromatic nitrogens is 1. The lowest BCUT2D eigenvalue weighted by Crippen LogP contribution is -2.39. The highest BCUT2D eigenvalue weighted by Crippen LogP contribution is 2.22. The van der Waals surface area contributed by atoms with Crippen LogP contribution in [0.15, 0.2) is 18.3 Å². The van der Waals surface area contributed by atoms with Gasteiger partial charge >= 0.3 is 0 Å². The van der Waals surface area contributed by atoms with Gasteiger partial charge in [-0.05, 0) is 31.4 Å².